The molecule has 1 aromatic heterocycles. The van der Waals surface area contributed by atoms with Gasteiger partial charge >= 0.3 is 5.97 Å². The molecule has 0 fully saturated rings. The van der Waals surface area contributed by atoms with E-state index in [2.05, 4.69) is 6.92 Å². The Morgan fingerprint density at radius 3 is 2.57 bits per heavy atom. The molecule has 0 amide bonds. The Bertz CT molecular complexity index is 688. The highest BCUT2D eigenvalue weighted by atomic mass is 16.4. The van der Waals surface area contributed by atoms with E-state index in [-0.39, 0.29) is 11.1 Å². The number of carbonyl (C=O) groups is 1. The molecule has 0 unspecified atom stereocenters. The van der Waals surface area contributed by atoms with E-state index in [9.17, 15) is 14.7 Å². The normalized spacial score (nSPS) is 10.9. The average Bonchev–Trinajstić information content (AvgIpc) is 2.48. The van der Waals surface area contributed by atoms with Crippen LogP contribution in [0.4, 0.5) is 0 Å². The van der Waals surface area contributed by atoms with Crippen molar-refractivity contribution in [3.8, 4) is 0 Å². The fraction of sp³-hybridized carbons (Fsp3) is 0.412. The van der Waals surface area contributed by atoms with Crippen molar-refractivity contribution in [3.05, 3.63) is 46.2 Å². The molecule has 0 aliphatic rings. The van der Waals surface area contributed by atoms with Gasteiger partial charge in [0.2, 0.25) is 0 Å². The van der Waals surface area contributed by atoms with E-state index in [0.717, 1.165) is 12.8 Å². The largest absolute Gasteiger partial charge is 0.478 e. The molecule has 0 radical (unpaired) electrons. The lowest BCUT2D eigenvalue weighted by atomic mass is 10.1. The van der Waals surface area contributed by atoms with E-state index in [4.69, 9.17) is 0 Å². The topological polar surface area (TPSA) is 59.3 Å². The number of rotatable bonds is 7. The number of pyridine rings is 1. The number of aryl methyl sites for hydroxylation is 1. The van der Waals surface area contributed by atoms with E-state index in [1.54, 1.807) is 16.7 Å². The van der Waals surface area contributed by atoms with Gasteiger partial charge in [0.25, 0.3) is 5.56 Å². The fourth-order valence-electron chi connectivity index (χ4n) is 2.62. The molecule has 0 saturated carbocycles. The first-order valence-corrected chi connectivity index (χ1v) is 7.51. The second kappa shape index (κ2) is 7.07. The third-order valence-electron chi connectivity index (χ3n) is 3.73. The van der Waals surface area contributed by atoms with Gasteiger partial charge in [0.15, 0.2) is 0 Å². The van der Waals surface area contributed by atoms with Crippen LogP contribution in [-0.2, 0) is 6.54 Å². The third-order valence-corrected chi connectivity index (χ3v) is 3.73. The number of carboxylic acid groups (broad SMARTS) is 1. The van der Waals surface area contributed by atoms with Crippen molar-refractivity contribution in [1.29, 1.82) is 0 Å². The summed E-state index contributed by atoms with van der Waals surface area (Å²) in [6, 6.07) is 8.43. The van der Waals surface area contributed by atoms with Crippen LogP contribution in [0, 0.1) is 0 Å². The summed E-state index contributed by atoms with van der Waals surface area (Å²) in [5, 5.41) is 9.85. The van der Waals surface area contributed by atoms with Crippen LogP contribution >= 0.6 is 0 Å². The molecule has 4 nitrogen and oxygen atoms in total. The highest BCUT2D eigenvalue weighted by molar-refractivity contribution is 6.02. The van der Waals surface area contributed by atoms with Crippen molar-refractivity contribution in [1.82, 2.24) is 4.57 Å². The number of nitrogens with zero attached hydrogens (tertiary/aromatic N) is 1. The van der Waals surface area contributed by atoms with Crippen LogP contribution in [0.15, 0.2) is 35.1 Å². The highest BCUT2D eigenvalue weighted by Crippen LogP contribution is 2.17. The van der Waals surface area contributed by atoms with Crippen LogP contribution < -0.4 is 5.56 Å². The minimum absolute atomic E-state index is 0.0813. The zero-order valence-corrected chi connectivity index (χ0v) is 12.3. The maximum absolute atomic E-state index is 12.2. The van der Waals surface area contributed by atoms with Crippen LogP contribution in [0.25, 0.3) is 10.9 Å². The highest BCUT2D eigenvalue weighted by Gasteiger charge is 2.13. The summed E-state index contributed by atoms with van der Waals surface area (Å²) >= 11 is 0. The molecule has 0 bridgehead atoms. The second-order valence-corrected chi connectivity index (χ2v) is 5.28. The van der Waals surface area contributed by atoms with Crippen molar-refractivity contribution in [2.45, 2.75) is 45.6 Å². The van der Waals surface area contributed by atoms with Gasteiger partial charge < -0.3 is 9.67 Å². The second-order valence-electron chi connectivity index (χ2n) is 5.28. The number of hydrogen-bond donors (Lipinski definition) is 1. The fourth-order valence-corrected chi connectivity index (χ4v) is 2.62. The van der Waals surface area contributed by atoms with Crippen LogP contribution in [0.3, 0.4) is 0 Å². The predicted octanol–water partition coefficient (Wildman–Crippen LogP) is 3.67. The Kier molecular flexibility index (Phi) is 5.14. The van der Waals surface area contributed by atoms with Crippen molar-refractivity contribution in [2.24, 2.45) is 0 Å². The van der Waals surface area contributed by atoms with E-state index in [1.165, 1.54) is 25.3 Å². The SMILES string of the molecule is CCCCCCCn1c(=O)cc(C(=O)O)c2ccccc21. The first-order chi connectivity index (χ1) is 10.1. The summed E-state index contributed by atoms with van der Waals surface area (Å²) in [5.74, 6) is -1.06. The molecule has 112 valence electrons. The molecular weight excluding hydrogens is 266 g/mol. The Morgan fingerprint density at radius 2 is 1.86 bits per heavy atom. The molecule has 0 spiro atoms. The maximum atomic E-state index is 12.2. The zero-order chi connectivity index (χ0) is 15.2. The number of carboxylic acids is 1. The van der Waals surface area contributed by atoms with Crippen LogP contribution in [0.2, 0.25) is 0 Å². The molecule has 1 aromatic carbocycles. The van der Waals surface area contributed by atoms with Crippen LogP contribution in [0.1, 0.15) is 49.4 Å². The third kappa shape index (κ3) is 3.51. The molecule has 0 saturated heterocycles. The summed E-state index contributed by atoms with van der Waals surface area (Å²) in [7, 11) is 0. The molecule has 0 aliphatic carbocycles. The van der Waals surface area contributed by atoms with Gasteiger partial charge in [-0.15, -0.1) is 0 Å². The van der Waals surface area contributed by atoms with E-state index >= 15 is 0 Å². The molecule has 4 heteroatoms. The Morgan fingerprint density at radius 1 is 1.14 bits per heavy atom. The maximum Gasteiger partial charge on any atom is 0.336 e. The number of hydrogen-bond acceptors (Lipinski definition) is 2. The quantitative estimate of drug-likeness (QED) is 0.790. The minimum atomic E-state index is -1.06. The van der Waals surface area contributed by atoms with Gasteiger partial charge in [0.1, 0.15) is 0 Å². The van der Waals surface area contributed by atoms with Gasteiger partial charge in [-0.2, -0.15) is 0 Å². The number of benzene rings is 1. The Hall–Kier alpha value is -2.10. The smallest absolute Gasteiger partial charge is 0.336 e. The molecule has 0 atom stereocenters. The predicted molar refractivity (Wildman–Crippen MR) is 83.9 cm³/mol. The zero-order valence-electron chi connectivity index (χ0n) is 12.3. The average molecular weight is 287 g/mol. The number of para-hydroxylation sites is 1. The van der Waals surface area contributed by atoms with Crippen molar-refractivity contribution < 1.29 is 9.90 Å². The van der Waals surface area contributed by atoms with E-state index in [0.29, 0.717) is 17.4 Å². The van der Waals surface area contributed by atoms with Crippen LogP contribution in [0.5, 0.6) is 0 Å². The van der Waals surface area contributed by atoms with Gasteiger partial charge in [0, 0.05) is 18.0 Å². The molecule has 1 N–H and O–H groups in total. The summed E-state index contributed by atoms with van der Waals surface area (Å²) in [6.07, 6.45) is 5.62. The molecule has 2 rings (SSSR count). The first kappa shape index (κ1) is 15.3. The van der Waals surface area contributed by atoms with E-state index in [1.807, 2.05) is 12.1 Å². The summed E-state index contributed by atoms with van der Waals surface area (Å²) in [6.45, 7) is 2.81. The summed E-state index contributed by atoms with van der Waals surface area (Å²) in [4.78, 5) is 23.4. The number of unbranched alkanes of at least 4 members (excludes halogenated alkanes) is 4. The van der Waals surface area contributed by atoms with Crippen molar-refractivity contribution in [2.75, 3.05) is 0 Å². The van der Waals surface area contributed by atoms with Crippen LogP contribution in [-0.4, -0.2) is 15.6 Å². The molecule has 0 aliphatic heterocycles. The van der Waals surface area contributed by atoms with Crippen molar-refractivity contribution >= 4 is 16.9 Å². The Labute approximate surface area is 124 Å². The number of aromatic carboxylic acids is 1. The lowest BCUT2D eigenvalue weighted by molar-refractivity contribution is 0.0698. The lowest BCUT2D eigenvalue weighted by Gasteiger charge is -2.11. The first-order valence-electron chi connectivity index (χ1n) is 7.51. The summed E-state index contributed by atoms with van der Waals surface area (Å²) < 4.78 is 1.69. The molecular formula is C17H21NO3. The minimum Gasteiger partial charge on any atom is -0.478 e. The Balaban J connectivity index is 2.32. The van der Waals surface area contributed by atoms with Gasteiger partial charge in [-0.25, -0.2) is 4.79 Å². The monoisotopic (exact) mass is 287 g/mol. The summed E-state index contributed by atoms with van der Waals surface area (Å²) in [5.41, 5.74) is 0.553. The van der Waals surface area contributed by atoms with Gasteiger partial charge in [-0.05, 0) is 12.5 Å². The van der Waals surface area contributed by atoms with Crippen molar-refractivity contribution in [3.63, 3.8) is 0 Å². The molecule has 2 aromatic rings. The number of aromatic nitrogens is 1. The molecule has 21 heavy (non-hydrogen) atoms. The standard InChI is InChI=1S/C17H21NO3/c1-2-3-4-5-8-11-18-15-10-7-6-9-13(15)14(17(20)21)12-16(18)19/h6-7,9-10,12H,2-5,8,11H2,1H3,(H,20,21). The van der Waals surface area contributed by atoms with Gasteiger partial charge in [-0.3, -0.25) is 4.79 Å². The molecule has 1 heterocycles. The van der Waals surface area contributed by atoms with Gasteiger partial charge in [0.05, 0.1) is 11.1 Å². The van der Waals surface area contributed by atoms with Gasteiger partial charge in [-0.1, -0.05) is 50.8 Å². The number of fused-ring (bicyclic) bond motifs is 1. The van der Waals surface area contributed by atoms with E-state index < -0.39 is 5.97 Å². The lowest BCUT2D eigenvalue weighted by Crippen LogP contribution is -2.22.